The third-order valence-corrected chi connectivity index (χ3v) is 10.5. The number of nitrogens with one attached hydrogen (secondary N) is 1. The normalized spacial score (nSPS) is 16.7. The van der Waals surface area contributed by atoms with E-state index in [-0.39, 0.29) is 24.5 Å². The first-order valence-electron chi connectivity index (χ1n) is 13.8. The molecular weight excluding hydrogens is 583 g/mol. The van der Waals surface area contributed by atoms with Crippen LogP contribution in [0.2, 0.25) is 0 Å². The van der Waals surface area contributed by atoms with Gasteiger partial charge in [0.25, 0.3) is 5.91 Å². The average molecular weight is 615 g/mol. The molecule has 1 aliphatic carbocycles. The van der Waals surface area contributed by atoms with Crippen molar-refractivity contribution < 1.29 is 36.7 Å². The second kappa shape index (κ2) is 12.7. The number of nitrogens with zero attached hydrogens (tertiary/aromatic N) is 1. The fourth-order valence-corrected chi connectivity index (χ4v) is 8.37. The molecule has 0 saturated carbocycles. The number of amides is 1. The monoisotopic (exact) mass is 614 g/mol. The van der Waals surface area contributed by atoms with Crippen LogP contribution in [0.3, 0.4) is 0 Å². The number of anilines is 1. The zero-order valence-corrected chi connectivity index (χ0v) is 24.7. The Bertz CT molecular complexity index is 1600. The summed E-state index contributed by atoms with van der Waals surface area (Å²) < 4.78 is 52.3. The molecule has 12 heteroatoms. The molecular formula is C30H31FN2O7S2. The topological polar surface area (TPSA) is 119 Å². The summed E-state index contributed by atoms with van der Waals surface area (Å²) in [6, 6.07) is 10.9. The van der Waals surface area contributed by atoms with Gasteiger partial charge in [-0.05, 0) is 80.0 Å². The number of aryl methyl sites for hydroxylation is 1. The van der Waals surface area contributed by atoms with Gasteiger partial charge in [-0.25, -0.2) is 17.6 Å². The van der Waals surface area contributed by atoms with Gasteiger partial charge in [0.15, 0.2) is 6.61 Å². The number of fused-ring (bicyclic) bond motifs is 2. The summed E-state index contributed by atoms with van der Waals surface area (Å²) in [5.74, 6) is -2.44. The summed E-state index contributed by atoms with van der Waals surface area (Å²) >= 11 is 1.33. The number of thiophene rings is 1. The van der Waals surface area contributed by atoms with Gasteiger partial charge in [-0.1, -0.05) is 24.3 Å². The van der Waals surface area contributed by atoms with E-state index in [1.165, 1.54) is 27.8 Å². The van der Waals surface area contributed by atoms with Crippen LogP contribution in [0.25, 0.3) is 0 Å². The molecule has 0 saturated heterocycles. The van der Waals surface area contributed by atoms with Crippen LogP contribution in [0.1, 0.15) is 64.2 Å². The molecule has 222 valence electrons. The maximum atomic E-state index is 13.5. The van der Waals surface area contributed by atoms with Gasteiger partial charge in [0, 0.05) is 11.4 Å². The van der Waals surface area contributed by atoms with Crippen LogP contribution < -0.4 is 5.32 Å². The quantitative estimate of drug-likeness (QED) is 0.344. The Morgan fingerprint density at radius 2 is 1.76 bits per heavy atom. The van der Waals surface area contributed by atoms with Crippen LogP contribution in [0.5, 0.6) is 0 Å². The van der Waals surface area contributed by atoms with Crippen LogP contribution in [-0.2, 0) is 48.3 Å². The van der Waals surface area contributed by atoms with E-state index < -0.39 is 46.3 Å². The molecule has 1 atom stereocenters. The lowest BCUT2D eigenvalue weighted by atomic mass is 9.92. The average Bonchev–Trinajstić information content (AvgIpc) is 3.34. The van der Waals surface area contributed by atoms with E-state index in [0.29, 0.717) is 22.5 Å². The van der Waals surface area contributed by atoms with Crippen LogP contribution in [-0.4, -0.2) is 50.3 Å². The van der Waals surface area contributed by atoms with Crippen LogP contribution >= 0.6 is 11.3 Å². The van der Waals surface area contributed by atoms with Gasteiger partial charge in [0.1, 0.15) is 10.8 Å². The number of benzene rings is 2. The summed E-state index contributed by atoms with van der Waals surface area (Å²) in [7, 11) is -4.07. The number of hydrogen-bond acceptors (Lipinski definition) is 8. The molecule has 1 N–H and O–H groups in total. The van der Waals surface area contributed by atoms with Crippen molar-refractivity contribution in [2.24, 2.45) is 0 Å². The standard InChI is InChI=1S/C30H31FN2O7S2/c1-2-39-30(36)28-23-9-5-6-10-25(23)41-29(28)32-26(34)18-40-27(35)17-24-22-8-4-3-7-19(22)15-16-33(24)42(37,38)21-13-11-20(31)12-14-21/h3-4,7-8,11-14,24H,2,5-6,9-10,15-18H2,1H3,(H,32,34). The highest BCUT2D eigenvalue weighted by Crippen LogP contribution is 2.39. The highest BCUT2D eigenvalue weighted by atomic mass is 32.2. The molecule has 5 rings (SSSR count). The first-order valence-corrected chi connectivity index (χ1v) is 16.1. The van der Waals surface area contributed by atoms with Crippen molar-refractivity contribution in [2.75, 3.05) is 25.1 Å². The van der Waals surface area contributed by atoms with E-state index in [9.17, 15) is 27.2 Å². The lowest BCUT2D eigenvalue weighted by Gasteiger charge is -2.36. The van der Waals surface area contributed by atoms with Crippen molar-refractivity contribution in [3.05, 3.63) is 81.5 Å². The number of ether oxygens (including phenoxy) is 2. The van der Waals surface area contributed by atoms with Gasteiger partial charge in [0.2, 0.25) is 10.0 Å². The van der Waals surface area contributed by atoms with Crippen molar-refractivity contribution in [3.8, 4) is 0 Å². The number of sulfonamides is 1. The second-order valence-electron chi connectivity index (χ2n) is 10.1. The van der Waals surface area contributed by atoms with Gasteiger partial charge < -0.3 is 14.8 Å². The number of hydrogen-bond donors (Lipinski definition) is 1. The number of rotatable bonds is 9. The van der Waals surface area contributed by atoms with Crippen molar-refractivity contribution in [2.45, 2.75) is 56.4 Å². The first kappa shape index (κ1) is 29.9. The van der Waals surface area contributed by atoms with E-state index in [4.69, 9.17) is 9.47 Å². The summed E-state index contributed by atoms with van der Waals surface area (Å²) in [5.41, 5.74) is 2.83. The predicted molar refractivity (Wildman–Crippen MR) is 154 cm³/mol. The lowest BCUT2D eigenvalue weighted by molar-refractivity contribution is -0.148. The van der Waals surface area contributed by atoms with E-state index in [1.54, 1.807) is 19.1 Å². The van der Waals surface area contributed by atoms with E-state index >= 15 is 0 Å². The Balaban J connectivity index is 1.30. The summed E-state index contributed by atoms with van der Waals surface area (Å²) in [6.07, 6.45) is 3.60. The fourth-order valence-electron chi connectivity index (χ4n) is 5.47. The maximum absolute atomic E-state index is 13.5. The van der Waals surface area contributed by atoms with Crippen molar-refractivity contribution in [1.82, 2.24) is 4.31 Å². The molecule has 1 aromatic heterocycles. The lowest BCUT2D eigenvalue weighted by Crippen LogP contribution is -2.41. The summed E-state index contributed by atoms with van der Waals surface area (Å²) in [5, 5.41) is 3.08. The third-order valence-electron chi connectivity index (χ3n) is 7.41. The van der Waals surface area contributed by atoms with Crippen molar-refractivity contribution >= 4 is 44.2 Å². The number of halogens is 1. The van der Waals surface area contributed by atoms with E-state index in [2.05, 4.69) is 5.32 Å². The number of esters is 2. The van der Waals surface area contributed by atoms with Gasteiger partial charge in [-0.15, -0.1) is 11.3 Å². The predicted octanol–water partition coefficient (Wildman–Crippen LogP) is 4.80. The molecule has 0 spiro atoms. The molecule has 9 nitrogen and oxygen atoms in total. The Hall–Kier alpha value is -3.61. The summed E-state index contributed by atoms with van der Waals surface area (Å²) in [4.78, 5) is 39.5. The Labute approximate surface area is 247 Å². The fraction of sp³-hybridized carbons (Fsp3) is 0.367. The highest BCUT2D eigenvalue weighted by molar-refractivity contribution is 7.89. The number of carbonyl (C=O) groups excluding carboxylic acids is 3. The zero-order chi connectivity index (χ0) is 29.9. The molecule has 42 heavy (non-hydrogen) atoms. The van der Waals surface area contributed by atoms with Crippen LogP contribution in [0.15, 0.2) is 53.4 Å². The molecule has 0 radical (unpaired) electrons. The van der Waals surface area contributed by atoms with E-state index in [0.717, 1.165) is 53.8 Å². The van der Waals surface area contributed by atoms with Crippen LogP contribution in [0.4, 0.5) is 9.39 Å². The molecule has 3 aromatic rings. The minimum Gasteiger partial charge on any atom is -0.462 e. The zero-order valence-electron chi connectivity index (χ0n) is 23.1. The second-order valence-corrected chi connectivity index (χ2v) is 13.1. The smallest absolute Gasteiger partial charge is 0.341 e. The molecule has 0 fully saturated rings. The Morgan fingerprint density at radius 3 is 2.52 bits per heavy atom. The number of carbonyl (C=O) groups is 3. The molecule has 2 aromatic carbocycles. The van der Waals surface area contributed by atoms with Gasteiger partial charge >= 0.3 is 11.9 Å². The van der Waals surface area contributed by atoms with Crippen LogP contribution in [0, 0.1) is 5.82 Å². The Morgan fingerprint density at radius 1 is 1.02 bits per heavy atom. The minimum atomic E-state index is -4.07. The van der Waals surface area contributed by atoms with Crippen molar-refractivity contribution in [3.63, 3.8) is 0 Å². The van der Waals surface area contributed by atoms with Gasteiger partial charge in [0.05, 0.1) is 29.5 Å². The highest BCUT2D eigenvalue weighted by Gasteiger charge is 2.38. The largest absolute Gasteiger partial charge is 0.462 e. The van der Waals surface area contributed by atoms with Crippen molar-refractivity contribution in [1.29, 1.82) is 0 Å². The Kier molecular flexibility index (Phi) is 9.05. The minimum absolute atomic E-state index is 0.0860. The SMILES string of the molecule is CCOC(=O)c1c(NC(=O)COC(=O)CC2c3ccccc3CCN2S(=O)(=O)c2ccc(F)cc2)sc2c1CCCC2. The first-order chi connectivity index (χ1) is 20.2. The molecule has 1 amide bonds. The molecule has 0 bridgehead atoms. The van der Waals surface area contributed by atoms with Gasteiger partial charge in [-0.3, -0.25) is 9.59 Å². The maximum Gasteiger partial charge on any atom is 0.341 e. The molecule has 1 aliphatic heterocycles. The van der Waals surface area contributed by atoms with E-state index in [1.807, 2.05) is 12.1 Å². The molecule has 1 unspecified atom stereocenters. The summed E-state index contributed by atoms with van der Waals surface area (Å²) in [6.45, 7) is 1.43. The third kappa shape index (κ3) is 6.25. The van der Waals surface area contributed by atoms with Gasteiger partial charge in [-0.2, -0.15) is 4.31 Å². The molecule has 2 heterocycles. The molecule has 2 aliphatic rings.